The number of anilines is 1. The van der Waals surface area contributed by atoms with E-state index < -0.39 is 0 Å². The second kappa shape index (κ2) is 8.57. The Bertz CT molecular complexity index is 1030. The molecule has 0 aliphatic heterocycles. The van der Waals surface area contributed by atoms with Crippen LogP contribution in [0.15, 0.2) is 42.5 Å². The van der Waals surface area contributed by atoms with Crippen LogP contribution in [0.1, 0.15) is 0 Å². The van der Waals surface area contributed by atoms with Gasteiger partial charge in [0.1, 0.15) is 23.8 Å². The summed E-state index contributed by atoms with van der Waals surface area (Å²) in [4.78, 5) is 12.6. The van der Waals surface area contributed by atoms with Crippen LogP contribution in [-0.2, 0) is 11.3 Å². The maximum atomic E-state index is 12.6. The summed E-state index contributed by atoms with van der Waals surface area (Å²) in [6, 6.07) is 12.5. The number of amides is 1. The van der Waals surface area contributed by atoms with E-state index >= 15 is 0 Å². The molecule has 1 aromatic heterocycles. The second-order valence-corrected chi connectivity index (χ2v) is 6.17. The van der Waals surface area contributed by atoms with Crippen LogP contribution in [0.4, 0.5) is 5.69 Å². The van der Waals surface area contributed by atoms with E-state index in [0.29, 0.717) is 27.8 Å². The van der Waals surface area contributed by atoms with Gasteiger partial charge in [-0.1, -0.05) is 0 Å². The first-order chi connectivity index (χ1) is 13.5. The van der Waals surface area contributed by atoms with E-state index in [4.69, 9.17) is 26.4 Å². The van der Waals surface area contributed by atoms with Gasteiger partial charge in [0, 0.05) is 11.6 Å². The minimum atomic E-state index is -0.268. The fourth-order valence-corrected chi connectivity index (χ4v) is 2.86. The van der Waals surface area contributed by atoms with Crippen molar-refractivity contribution in [1.82, 2.24) is 14.8 Å². The number of hydrogen-bond acceptors (Lipinski definition) is 6. The van der Waals surface area contributed by atoms with Crippen LogP contribution in [0.5, 0.6) is 17.2 Å². The maximum absolute atomic E-state index is 12.6. The fourth-order valence-electron chi connectivity index (χ4n) is 2.66. The zero-order chi connectivity index (χ0) is 20.1. The monoisotopic (exact) mass is 400 g/mol. The minimum Gasteiger partial charge on any atom is -0.497 e. The van der Waals surface area contributed by atoms with Gasteiger partial charge < -0.3 is 19.5 Å². The van der Waals surface area contributed by atoms with Crippen LogP contribution >= 0.6 is 12.2 Å². The van der Waals surface area contributed by atoms with E-state index in [1.165, 1.54) is 7.11 Å². The number of methoxy groups -OCH3 is 3. The topological polar surface area (TPSA) is 90.4 Å². The number of aromatic amines is 1. The molecular weight excluding hydrogens is 380 g/mol. The summed E-state index contributed by atoms with van der Waals surface area (Å²) in [5.41, 5.74) is 1.34. The third-order valence-electron chi connectivity index (χ3n) is 4.09. The molecule has 3 rings (SSSR count). The SMILES string of the molecule is COc1ccc(-c2n[nH]c(=S)n2CC(=O)Nc2ccc(OC)cc2OC)cc1. The van der Waals surface area contributed by atoms with Crippen LogP contribution in [0.2, 0.25) is 0 Å². The highest BCUT2D eigenvalue weighted by molar-refractivity contribution is 7.71. The molecule has 146 valence electrons. The quantitative estimate of drug-likeness (QED) is 0.592. The highest BCUT2D eigenvalue weighted by atomic mass is 32.1. The standard InChI is InChI=1S/C19H20N4O4S/c1-25-13-6-4-12(5-7-13)18-21-22-19(28)23(18)11-17(24)20-15-9-8-14(26-2)10-16(15)27-3/h4-10H,11H2,1-3H3,(H,20,24)(H,22,28). The largest absolute Gasteiger partial charge is 0.497 e. The second-order valence-electron chi connectivity index (χ2n) is 5.78. The Morgan fingerprint density at radius 3 is 2.39 bits per heavy atom. The van der Waals surface area contributed by atoms with Crippen molar-refractivity contribution in [1.29, 1.82) is 0 Å². The molecular formula is C19H20N4O4S. The van der Waals surface area contributed by atoms with Crippen LogP contribution in [0.25, 0.3) is 11.4 Å². The summed E-state index contributed by atoms with van der Waals surface area (Å²) in [6.45, 7) is -0.00806. The van der Waals surface area contributed by atoms with Gasteiger partial charge in [-0.2, -0.15) is 5.10 Å². The lowest BCUT2D eigenvalue weighted by atomic mass is 10.2. The van der Waals surface area contributed by atoms with Crippen molar-refractivity contribution in [2.75, 3.05) is 26.6 Å². The summed E-state index contributed by atoms with van der Waals surface area (Å²) in [6.07, 6.45) is 0. The number of nitrogens with zero attached hydrogens (tertiary/aromatic N) is 2. The summed E-state index contributed by atoms with van der Waals surface area (Å²) >= 11 is 5.28. The summed E-state index contributed by atoms with van der Waals surface area (Å²) in [5, 5.41) is 9.80. The van der Waals surface area contributed by atoms with E-state index in [2.05, 4.69) is 15.5 Å². The lowest BCUT2D eigenvalue weighted by Crippen LogP contribution is -2.20. The van der Waals surface area contributed by atoms with Crippen molar-refractivity contribution >= 4 is 23.8 Å². The maximum Gasteiger partial charge on any atom is 0.244 e. The van der Waals surface area contributed by atoms with Crippen LogP contribution < -0.4 is 19.5 Å². The zero-order valence-electron chi connectivity index (χ0n) is 15.7. The molecule has 9 heteroatoms. The van der Waals surface area contributed by atoms with Gasteiger partial charge >= 0.3 is 0 Å². The smallest absolute Gasteiger partial charge is 0.244 e. The third-order valence-corrected chi connectivity index (χ3v) is 4.40. The van der Waals surface area contributed by atoms with E-state index in [-0.39, 0.29) is 12.5 Å². The molecule has 0 atom stereocenters. The molecule has 0 spiro atoms. The van der Waals surface area contributed by atoms with Crippen molar-refractivity contribution in [2.24, 2.45) is 0 Å². The molecule has 1 heterocycles. The minimum absolute atomic E-state index is 0.00806. The first-order valence-electron chi connectivity index (χ1n) is 8.37. The number of nitrogens with one attached hydrogen (secondary N) is 2. The molecule has 0 aliphatic carbocycles. The summed E-state index contributed by atoms with van der Waals surface area (Å²) in [7, 11) is 4.69. The third kappa shape index (κ3) is 4.15. The summed E-state index contributed by atoms with van der Waals surface area (Å²) < 4.78 is 17.6. The number of H-pyrrole nitrogens is 1. The average molecular weight is 400 g/mol. The molecule has 0 unspecified atom stereocenters. The van der Waals surface area contributed by atoms with E-state index in [1.807, 2.05) is 24.3 Å². The Hall–Kier alpha value is -3.33. The van der Waals surface area contributed by atoms with E-state index in [9.17, 15) is 4.79 Å². The predicted octanol–water partition coefficient (Wildman–Crippen LogP) is 3.27. The number of benzene rings is 2. The normalized spacial score (nSPS) is 10.4. The van der Waals surface area contributed by atoms with Gasteiger partial charge in [0.05, 0.1) is 27.0 Å². The Morgan fingerprint density at radius 1 is 1.07 bits per heavy atom. The molecule has 0 bridgehead atoms. The van der Waals surface area contributed by atoms with Gasteiger partial charge in [0.15, 0.2) is 10.6 Å². The highest BCUT2D eigenvalue weighted by Gasteiger charge is 2.14. The highest BCUT2D eigenvalue weighted by Crippen LogP contribution is 2.29. The zero-order valence-corrected chi connectivity index (χ0v) is 16.5. The van der Waals surface area contributed by atoms with Crippen molar-refractivity contribution in [2.45, 2.75) is 6.54 Å². The van der Waals surface area contributed by atoms with Crippen LogP contribution in [0, 0.1) is 4.77 Å². The Labute approximate surface area is 167 Å². The molecule has 3 aromatic rings. The Balaban J connectivity index is 1.81. The first-order valence-corrected chi connectivity index (χ1v) is 8.78. The van der Waals surface area contributed by atoms with Crippen molar-refractivity contribution in [3.8, 4) is 28.6 Å². The molecule has 0 aliphatic rings. The van der Waals surface area contributed by atoms with Gasteiger partial charge in [-0.15, -0.1) is 0 Å². The van der Waals surface area contributed by atoms with Crippen molar-refractivity contribution < 1.29 is 19.0 Å². The van der Waals surface area contributed by atoms with Gasteiger partial charge in [0.25, 0.3) is 0 Å². The van der Waals surface area contributed by atoms with Gasteiger partial charge in [-0.25, -0.2) is 0 Å². The Kier molecular flexibility index (Phi) is 5.95. The molecule has 0 saturated heterocycles. The molecule has 28 heavy (non-hydrogen) atoms. The van der Waals surface area contributed by atoms with Crippen LogP contribution in [-0.4, -0.2) is 42.0 Å². The number of carbonyl (C=O) groups excluding carboxylic acids is 1. The van der Waals surface area contributed by atoms with Crippen molar-refractivity contribution in [3.63, 3.8) is 0 Å². The molecule has 0 saturated carbocycles. The number of carbonyl (C=O) groups is 1. The molecule has 2 aromatic carbocycles. The van der Waals surface area contributed by atoms with E-state index in [0.717, 1.165) is 11.3 Å². The number of rotatable bonds is 7. The number of aromatic nitrogens is 3. The average Bonchev–Trinajstić information content (AvgIpc) is 3.08. The molecule has 2 N–H and O–H groups in total. The van der Waals surface area contributed by atoms with E-state index in [1.54, 1.807) is 37.0 Å². The molecule has 1 amide bonds. The Morgan fingerprint density at radius 2 is 1.75 bits per heavy atom. The van der Waals surface area contributed by atoms with Crippen molar-refractivity contribution in [3.05, 3.63) is 47.2 Å². The first kappa shape index (κ1) is 19.4. The molecule has 0 fully saturated rings. The molecule has 8 nitrogen and oxygen atoms in total. The van der Waals surface area contributed by atoms with Crippen LogP contribution in [0.3, 0.4) is 0 Å². The lowest BCUT2D eigenvalue weighted by molar-refractivity contribution is -0.116. The van der Waals surface area contributed by atoms with Gasteiger partial charge in [-0.3, -0.25) is 14.5 Å². The van der Waals surface area contributed by atoms with Gasteiger partial charge in [0.2, 0.25) is 5.91 Å². The number of hydrogen-bond donors (Lipinski definition) is 2. The fraction of sp³-hybridized carbons (Fsp3) is 0.211. The predicted molar refractivity (Wildman–Crippen MR) is 108 cm³/mol. The summed E-state index contributed by atoms with van der Waals surface area (Å²) in [5.74, 6) is 2.15. The molecule has 0 radical (unpaired) electrons. The lowest BCUT2D eigenvalue weighted by Gasteiger charge is -2.12. The van der Waals surface area contributed by atoms with Gasteiger partial charge in [-0.05, 0) is 48.6 Å². The number of ether oxygens (including phenoxy) is 3.